The minimum Gasteiger partial charge on any atom is -0.303 e. The van der Waals surface area contributed by atoms with Gasteiger partial charge in [-0.1, -0.05) is 80.9 Å². The Morgan fingerprint density at radius 2 is 1.36 bits per heavy atom. The lowest BCUT2D eigenvalue weighted by Crippen LogP contribution is -2.62. The van der Waals surface area contributed by atoms with Crippen LogP contribution in [0.25, 0.3) is 0 Å². The van der Waals surface area contributed by atoms with Crippen molar-refractivity contribution in [1.29, 1.82) is 0 Å². The summed E-state index contributed by atoms with van der Waals surface area (Å²) in [6.07, 6.45) is 2.43. The summed E-state index contributed by atoms with van der Waals surface area (Å²) in [5, 5.41) is 0. The number of fused-ring (bicyclic) bond motifs is 2. The normalized spacial score (nSPS) is 24.2. The molecule has 2 atom stereocenters. The first kappa shape index (κ1) is 26.7. The van der Waals surface area contributed by atoms with Gasteiger partial charge in [-0.05, 0) is 64.7 Å². The monoisotopic (exact) mass is 476 g/mol. The van der Waals surface area contributed by atoms with E-state index >= 15 is 0 Å². The van der Waals surface area contributed by atoms with E-state index in [0.717, 1.165) is 30.8 Å². The van der Waals surface area contributed by atoms with E-state index in [2.05, 4.69) is 79.3 Å². The standard InChI is InChI=1S/C28H48N2O2S/c1-10-11-12-29-15-23-17-30(18-24(16-29)28(23,8)9)33(31,32)27-25(20(4)5)13-22(19(2)3)14-26(27)21(6)7/h13-14,19-21,23-24H,10-12,15-18H2,1-9H3. The summed E-state index contributed by atoms with van der Waals surface area (Å²) >= 11 is 0. The molecule has 0 spiro atoms. The van der Waals surface area contributed by atoms with E-state index in [-0.39, 0.29) is 17.3 Å². The highest BCUT2D eigenvalue weighted by molar-refractivity contribution is 7.89. The molecule has 4 nitrogen and oxygen atoms in total. The second kappa shape index (κ2) is 9.99. The van der Waals surface area contributed by atoms with Crippen LogP contribution in [0.1, 0.15) is 110 Å². The number of piperidine rings is 2. The molecule has 2 saturated heterocycles. The molecule has 2 bridgehead atoms. The Bertz CT molecular complexity index is 886. The van der Waals surface area contributed by atoms with Gasteiger partial charge in [0.05, 0.1) is 4.90 Å². The van der Waals surface area contributed by atoms with Crippen LogP contribution < -0.4 is 0 Å². The average Bonchev–Trinajstić information content (AvgIpc) is 2.70. The fourth-order valence-corrected chi connectivity index (χ4v) is 7.93. The van der Waals surface area contributed by atoms with E-state index in [4.69, 9.17) is 0 Å². The van der Waals surface area contributed by atoms with Crippen molar-refractivity contribution in [3.05, 3.63) is 28.8 Å². The summed E-state index contributed by atoms with van der Waals surface area (Å²) < 4.78 is 30.5. The van der Waals surface area contributed by atoms with Crippen molar-refractivity contribution in [2.75, 3.05) is 32.7 Å². The number of nitrogens with zero attached hydrogens (tertiary/aromatic N) is 2. The van der Waals surface area contributed by atoms with Gasteiger partial charge in [0.1, 0.15) is 0 Å². The third kappa shape index (κ3) is 5.21. The minimum absolute atomic E-state index is 0.163. The van der Waals surface area contributed by atoms with E-state index < -0.39 is 10.0 Å². The number of likely N-dealkylation sites (tertiary alicyclic amines) is 1. The summed E-state index contributed by atoms with van der Waals surface area (Å²) in [7, 11) is -3.57. The molecular formula is C28H48N2O2S. The predicted molar refractivity (Wildman–Crippen MR) is 140 cm³/mol. The molecule has 2 heterocycles. The van der Waals surface area contributed by atoms with Crippen LogP contribution in [-0.4, -0.2) is 50.3 Å². The van der Waals surface area contributed by atoms with E-state index in [9.17, 15) is 8.42 Å². The summed E-state index contributed by atoms with van der Waals surface area (Å²) in [5.41, 5.74) is 3.40. The number of rotatable bonds is 8. The summed E-state index contributed by atoms with van der Waals surface area (Å²) in [5.74, 6) is 1.45. The van der Waals surface area contributed by atoms with Crippen molar-refractivity contribution in [1.82, 2.24) is 9.21 Å². The van der Waals surface area contributed by atoms with Gasteiger partial charge in [-0.15, -0.1) is 0 Å². The van der Waals surface area contributed by atoms with Crippen molar-refractivity contribution >= 4 is 10.0 Å². The first-order valence-electron chi connectivity index (χ1n) is 13.2. The molecule has 0 amide bonds. The van der Waals surface area contributed by atoms with Crippen LogP contribution in [0.4, 0.5) is 0 Å². The van der Waals surface area contributed by atoms with Crippen molar-refractivity contribution < 1.29 is 8.42 Å². The Morgan fingerprint density at radius 1 is 0.879 bits per heavy atom. The van der Waals surface area contributed by atoms with E-state index in [0.29, 0.717) is 35.7 Å². The first-order valence-corrected chi connectivity index (χ1v) is 14.6. The largest absolute Gasteiger partial charge is 0.303 e. The predicted octanol–water partition coefficient (Wildman–Crippen LogP) is 6.44. The fraction of sp³-hybridized carbons (Fsp3) is 0.786. The maximum absolute atomic E-state index is 14.3. The van der Waals surface area contributed by atoms with Gasteiger partial charge in [0.25, 0.3) is 0 Å². The van der Waals surface area contributed by atoms with Crippen molar-refractivity contribution in [3.63, 3.8) is 0 Å². The van der Waals surface area contributed by atoms with Crippen LogP contribution >= 0.6 is 0 Å². The van der Waals surface area contributed by atoms with Gasteiger partial charge in [-0.25, -0.2) is 8.42 Å². The topological polar surface area (TPSA) is 40.6 Å². The highest BCUT2D eigenvalue weighted by Gasteiger charge is 2.50. The van der Waals surface area contributed by atoms with Crippen molar-refractivity contribution in [2.24, 2.45) is 17.3 Å². The van der Waals surface area contributed by atoms with Gasteiger partial charge >= 0.3 is 0 Å². The molecule has 0 aliphatic carbocycles. The lowest BCUT2D eigenvalue weighted by atomic mass is 9.64. The zero-order valence-corrected chi connectivity index (χ0v) is 23.4. The maximum atomic E-state index is 14.3. The molecule has 5 heteroatoms. The molecule has 2 aliphatic heterocycles. The lowest BCUT2D eigenvalue weighted by Gasteiger charge is -2.55. The van der Waals surface area contributed by atoms with Crippen LogP contribution in [0, 0.1) is 17.3 Å². The molecule has 1 aromatic rings. The van der Waals surface area contributed by atoms with Crippen LogP contribution in [0.2, 0.25) is 0 Å². The zero-order valence-electron chi connectivity index (χ0n) is 22.6. The Balaban J connectivity index is 2.03. The van der Waals surface area contributed by atoms with Gasteiger partial charge < -0.3 is 4.90 Å². The SMILES string of the molecule is CCCCN1CC2CN(S(=O)(=O)c3c(C(C)C)cc(C(C)C)cc3C(C)C)CC(C1)C2(C)C. The molecule has 0 aromatic heterocycles. The summed E-state index contributed by atoms with van der Waals surface area (Å²) in [6, 6.07) is 4.32. The van der Waals surface area contributed by atoms with E-state index in [1.807, 2.05) is 4.31 Å². The van der Waals surface area contributed by atoms with Gasteiger partial charge in [-0.3, -0.25) is 0 Å². The molecule has 2 unspecified atom stereocenters. The summed E-state index contributed by atoms with van der Waals surface area (Å²) in [4.78, 5) is 3.18. The number of benzene rings is 1. The van der Waals surface area contributed by atoms with Gasteiger partial charge in [0, 0.05) is 26.2 Å². The minimum atomic E-state index is -3.57. The Kier molecular flexibility index (Phi) is 8.08. The van der Waals surface area contributed by atoms with Crippen LogP contribution in [0.3, 0.4) is 0 Å². The highest BCUT2D eigenvalue weighted by atomic mass is 32.2. The lowest BCUT2D eigenvalue weighted by molar-refractivity contribution is -0.0493. The van der Waals surface area contributed by atoms with Crippen LogP contribution in [-0.2, 0) is 10.0 Å². The second-order valence-corrected chi connectivity index (χ2v) is 14.0. The molecule has 0 radical (unpaired) electrons. The van der Waals surface area contributed by atoms with Gasteiger partial charge in [0.15, 0.2) is 0 Å². The molecule has 188 valence electrons. The molecule has 33 heavy (non-hydrogen) atoms. The van der Waals surface area contributed by atoms with E-state index in [1.54, 1.807) is 0 Å². The first-order chi connectivity index (χ1) is 15.3. The van der Waals surface area contributed by atoms with Crippen molar-refractivity contribution in [3.8, 4) is 0 Å². The molecule has 0 N–H and O–H groups in total. The Labute approximate surface area is 204 Å². The molecule has 1 aromatic carbocycles. The molecule has 2 fully saturated rings. The summed E-state index contributed by atoms with van der Waals surface area (Å²) in [6.45, 7) is 24.3. The smallest absolute Gasteiger partial charge is 0.243 e. The number of hydrogen-bond donors (Lipinski definition) is 0. The Hall–Kier alpha value is -0.910. The quantitative estimate of drug-likeness (QED) is 0.434. The molecule has 0 saturated carbocycles. The number of sulfonamides is 1. The third-order valence-electron chi connectivity index (χ3n) is 8.41. The van der Waals surface area contributed by atoms with Crippen LogP contribution in [0.15, 0.2) is 17.0 Å². The second-order valence-electron chi connectivity index (χ2n) is 12.1. The molecule has 2 aliphatic rings. The Morgan fingerprint density at radius 3 is 1.76 bits per heavy atom. The number of unbranched alkanes of at least 4 members (excludes halogenated alkanes) is 1. The van der Waals surface area contributed by atoms with E-state index in [1.165, 1.54) is 18.4 Å². The van der Waals surface area contributed by atoms with Crippen molar-refractivity contribution in [2.45, 2.75) is 97.8 Å². The average molecular weight is 477 g/mol. The zero-order chi connectivity index (χ0) is 24.7. The van der Waals surface area contributed by atoms with Gasteiger partial charge in [-0.2, -0.15) is 4.31 Å². The van der Waals surface area contributed by atoms with Gasteiger partial charge in [0.2, 0.25) is 10.0 Å². The molecule has 3 rings (SSSR count). The maximum Gasteiger partial charge on any atom is 0.243 e. The molecular weight excluding hydrogens is 428 g/mol. The van der Waals surface area contributed by atoms with Crippen LogP contribution in [0.5, 0.6) is 0 Å². The third-order valence-corrected chi connectivity index (χ3v) is 10.4. The fourth-order valence-electron chi connectivity index (χ4n) is 5.73. The highest BCUT2D eigenvalue weighted by Crippen LogP contribution is 2.46. The number of hydrogen-bond acceptors (Lipinski definition) is 3.